The number of amides is 2. The van der Waals surface area contributed by atoms with E-state index < -0.39 is 0 Å². The third-order valence-corrected chi connectivity index (χ3v) is 6.74. The van der Waals surface area contributed by atoms with Gasteiger partial charge in [0.1, 0.15) is 11.5 Å². The minimum absolute atomic E-state index is 0.156. The third kappa shape index (κ3) is 7.34. The Labute approximate surface area is 246 Å². The second kappa shape index (κ2) is 14.8. The molecule has 0 aliphatic carbocycles. The van der Waals surface area contributed by atoms with Crippen molar-refractivity contribution in [2.24, 2.45) is 0 Å². The highest BCUT2D eigenvalue weighted by molar-refractivity contribution is 5.90. The number of aromatic nitrogens is 4. The average molecular weight is 577 g/mol. The van der Waals surface area contributed by atoms with Crippen LogP contribution in [0.4, 0.5) is 10.5 Å². The number of nitrogens with one attached hydrogen (secondary N) is 2. The number of nitrogens with zero attached hydrogens (tertiary/aromatic N) is 4. The van der Waals surface area contributed by atoms with Gasteiger partial charge in [0.25, 0.3) is 11.8 Å². The van der Waals surface area contributed by atoms with E-state index in [1.165, 1.54) is 0 Å². The van der Waals surface area contributed by atoms with Gasteiger partial charge in [-0.2, -0.15) is 4.98 Å². The zero-order valence-corrected chi connectivity index (χ0v) is 24.9. The van der Waals surface area contributed by atoms with Crippen molar-refractivity contribution >= 4 is 11.7 Å². The van der Waals surface area contributed by atoms with Gasteiger partial charge >= 0.3 is 6.03 Å². The number of ether oxygens (including phenoxy) is 4. The molecule has 0 fully saturated rings. The number of urea groups is 1. The van der Waals surface area contributed by atoms with Crippen LogP contribution in [0.25, 0.3) is 17.3 Å². The SMILES string of the molecule is CCCCCNC(=O)Nc1ccccc1OC(C)CCn1ccnc1-n1c(-c2ccc(OC)cc2)nc(OC)c1OC. The number of hydrogen-bond acceptors (Lipinski definition) is 7. The van der Waals surface area contributed by atoms with Crippen LogP contribution >= 0.6 is 0 Å². The van der Waals surface area contributed by atoms with Crippen LogP contribution < -0.4 is 29.6 Å². The van der Waals surface area contributed by atoms with E-state index in [1.807, 2.05) is 70.8 Å². The first kappa shape index (κ1) is 30.3. The van der Waals surface area contributed by atoms with Crippen molar-refractivity contribution in [1.82, 2.24) is 24.4 Å². The first-order valence-electron chi connectivity index (χ1n) is 14.2. The number of unbranched alkanes of at least 4 members (excludes halogenated alkanes) is 2. The summed E-state index contributed by atoms with van der Waals surface area (Å²) in [5.41, 5.74) is 1.47. The summed E-state index contributed by atoms with van der Waals surface area (Å²) in [6.07, 6.45) is 7.30. The van der Waals surface area contributed by atoms with Crippen molar-refractivity contribution in [1.29, 1.82) is 0 Å². The Kier molecular flexibility index (Phi) is 10.7. The fourth-order valence-electron chi connectivity index (χ4n) is 4.51. The van der Waals surface area contributed by atoms with Crippen LogP contribution in [0.5, 0.6) is 23.3 Å². The topological polar surface area (TPSA) is 114 Å². The van der Waals surface area contributed by atoms with E-state index in [2.05, 4.69) is 22.5 Å². The van der Waals surface area contributed by atoms with Gasteiger partial charge in [-0.05, 0) is 49.7 Å². The molecule has 11 nitrogen and oxygen atoms in total. The van der Waals surface area contributed by atoms with Crippen molar-refractivity contribution in [2.45, 2.75) is 52.2 Å². The second-order valence-electron chi connectivity index (χ2n) is 9.74. The number of carbonyl (C=O) groups excluding carboxylic acids is 1. The number of para-hydroxylation sites is 2. The predicted molar refractivity (Wildman–Crippen MR) is 162 cm³/mol. The molecule has 0 aliphatic rings. The molecule has 2 aromatic carbocycles. The molecule has 11 heteroatoms. The monoisotopic (exact) mass is 576 g/mol. The molecule has 0 bridgehead atoms. The Bertz CT molecular complexity index is 1430. The van der Waals surface area contributed by atoms with Crippen LogP contribution in [0, 0.1) is 0 Å². The quantitative estimate of drug-likeness (QED) is 0.169. The summed E-state index contributed by atoms with van der Waals surface area (Å²) in [5.74, 6) is 3.40. The number of methoxy groups -OCH3 is 3. The van der Waals surface area contributed by atoms with Gasteiger partial charge in [-0.3, -0.25) is 0 Å². The standard InChI is InChI=1S/C31H40N6O5/c1-6-7-10-18-32-30(38)34-25-11-8-9-12-26(25)42-22(2)17-20-36-21-19-33-31(36)37-27(35-28(40-4)29(37)41-5)23-13-15-24(39-3)16-14-23/h8-9,11-16,19,21-22H,6-7,10,17-18,20H2,1-5H3,(H2,32,34,38). The smallest absolute Gasteiger partial charge is 0.319 e. The molecule has 4 aromatic rings. The molecule has 2 aromatic heterocycles. The van der Waals surface area contributed by atoms with Crippen molar-refractivity contribution < 1.29 is 23.7 Å². The Hall–Kier alpha value is -4.67. The van der Waals surface area contributed by atoms with E-state index in [9.17, 15) is 4.79 Å². The fourth-order valence-corrected chi connectivity index (χ4v) is 4.51. The van der Waals surface area contributed by atoms with Crippen LogP contribution in [-0.2, 0) is 6.54 Å². The van der Waals surface area contributed by atoms with Crippen LogP contribution in [0.3, 0.4) is 0 Å². The maximum Gasteiger partial charge on any atom is 0.319 e. The third-order valence-electron chi connectivity index (χ3n) is 6.74. The normalized spacial score (nSPS) is 11.5. The lowest BCUT2D eigenvalue weighted by atomic mass is 10.2. The fraction of sp³-hybridized carbons (Fsp3) is 0.387. The second-order valence-corrected chi connectivity index (χ2v) is 9.74. The molecule has 1 unspecified atom stereocenters. The van der Waals surface area contributed by atoms with Crippen molar-refractivity contribution in [2.75, 3.05) is 33.2 Å². The van der Waals surface area contributed by atoms with E-state index in [0.29, 0.717) is 54.5 Å². The lowest BCUT2D eigenvalue weighted by Crippen LogP contribution is -2.29. The minimum Gasteiger partial charge on any atom is -0.497 e. The zero-order valence-electron chi connectivity index (χ0n) is 24.9. The minimum atomic E-state index is -0.241. The van der Waals surface area contributed by atoms with E-state index in [-0.39, 0.29) is 12.1 Å². The molecular formula is C31H40N6O5. The van der Waals surface area contributed by atoms with Crippen LogP contribution in [0.2, 0.25) is 0 Å². The van der Waals surface area contributed by atoms with Crippen LogP contribution in [0.15, 0.2) is 60.9 Å². The van der Waals surface area contributed by atoms with Gasteiger partial charge in [-0.25, -0.2) is 14.3 Å². The maximum absolute atomic E-state index is 12.4. The Morgan fingerprint density at radius 2 is 1.79 bits per heavy atom. The van der Waals surface area contributed by atoms with E-state index in [4.69, 9.17) is 23.9 Å². The van der Waals surface area contributed by atoms with Gasteiger partial charge in [0, 0.05) is 37.5 Å². The molecular weight excluding hydrogens is 536 g/mol. The first-order chi connectivity index (χ1) is 20.5. The molecule has 224 valence electrons. The summed E-state index contributed by atoms with van der Waals surface area (Å²) in [4.78, 5) is 21.7. The summed E-state index contributed by atoms with van der Waals surface area (Å²) < 4.78 is 26.7. The van der Waals surface area contributed by atoms with Crippen LogP contribution in [-0.4, -0.2) is 59.1 Å². The number of rotatable bonds is 15. The summed E-state index contributed by atoms with van der Waals surface area (Å²) in [6, 6.07) is 14.8. The molecule has 42 heavy (non-hydrogen) atoms. The number of aryl methyl sites for hydroxylation is 1. The maximum atomic E-state index is 12.4. The largest absolute Gasteiger partial charge is 0.497 e. The van der Waals surface area contributed by atoms with E-state index >= 15 is 0 Å². The first-order valence-corrected chi connectivity index (χ1v) is 14.2. The summed E-state index contributed by atoms with van der Waals surface area (Å²) in [7, 11) is 4.76. The molecule has 4 rings (SSSR count). The molecule has 0 saturated carbocycles. The highest BCUT2D eigenvalue weighted by atomic mass is 16.5. The number of benzene rings is 2. The zero-order chi connectivity index (χ0) is 29.9. The van der Waals surface area contributed by atoms with Gasteiger partial charge in [0.2, 0.25) is 5.95 Å². The lowest BCUT2D eigenvalue weighted by Gasteiger charge is -2.19. The number of carbonyl (C=O) groups is 1. The van der Waals surface area contributed by atoms with E-state index in [0.717, 1.165) is 30.6 Å². The van der Waals surface area contributed by atoms with Crippen molar-refractivity contribution in [3.63, 3.8) is 0 Å². The van der Waals surface area contributed by atoms with Crippen molar-refractivity contribution in [3.05, 3.63) is 60.9 Å². The van der Waals surface area contributed by atoms with Crippen LogP contribution in [0.1, 0.15) is 39.5 Å². The van der Waals surface area contributed by atoms with Gasteiger partial charge in [0.15, 0.2) is 5.82 Å². The highest BCUT2D eigenvalue weighted by Crippen LogP contribution is 2.36. The molecule has 0 radical (unpaired) electrons. The number of hydrogen-bond donors (Lipinski definition) is 2. The Morgan fingerprint density at radius 3 is 2.50 bits per heavy atom. The summed E-state index contributed by atoms with van der Waals surface area (Å²) in [6.45, 7) is 5.38. The van der Waals surface area contributed by atoms with Gasteiger partial charge in [-0.15, -0.1) is 0 Å². The molecule has 1 atom stereocenters. The molecule has 0 saturated heterocycles. The highest BCUT2D eigenvalue weighted by Gasteiger charge is 2.24. The summed E-state index contributed by atoms with van der Waals surface area (Å²) in [5, 5.41) is 5.81. The molecule has 2 N–H and O–H groups in total. The number of imidazole rings is 2. The molecule has 2 amide bonds. The van der Waals surface area contributed by atoms with Crippen molar-refractivity contribution in [3.8, 4) is 40.6 Å². The molecule has 0 aliphatic heterocycles. The Balaban J connectivity index is 1.48. The predicted octanol–water partition coefficient (Wildman–Crippen LogP) is 5.93. The van der Waals surface area contributed by atoms with Gasteiger partial charge in [0.05, 0.1) is 33.1 Å². The molecule has 0 spiro atoms. The summed E-state index contributed by atoms with van der Waals surface area (Å²) >= 11 is 0. The molecule has 2 heterocycles. The lowest BCUT2D eigenvalue weighted by molar-refractivity contribution is 0.204. The number of anilines is 1. The van der Waals surface area contributed by atoms with E-state index in [1.54, 1.807) is 27.5 Å². The average Bonchev–Trinajstić information content (AvgIpc) is 3.63. The van der Waals surface area contributed by atoms with Gasteiger partial charge in [-0.1, -0.05) is 31.9 Å². The van der Waals surface area contributed by atoms with Gasteiger partial charge < -0.3 is 34.1 Å². The Morgan fingerprint density at radius 1 is 1.00 bits per heavy atom.